The number of halogens is 1. The minimum Gasteiger partial charge on any atom is -0.455 e. The summed E-state index contributed by atoms with van der Waals surface area (Å²) in [5, 5.41) is 6.99. The Morgan fingerprint density at radius 1 is 0.316 bits per heavy atom. The maximum atomic E-state index is 6.44. The number of nitrogens with zero attached hydrogens (tertiary/aromatic N) is 3. The zero-order valence-electron chi connectivity index (χ0n) is 40.9. The second-order valence-corrected chi connectivity index (χ2v) is 19.9. The van der Waals surface area contributed by atoms with Gasteiger partial charge in [0.1, 0.15) is 22.3 Å². The number of aromatic nitrogens is 3. The molecule has 11 aromatic carbocycles. The van der Waals surface area contributed by atoms with Crippen molar-refractivity contribution in [2.75, 3.05) is 0 Å². The van der Waals surface area contributed by atoms with Gasteiger partial charge in [-0.3, -0.25) is 0 Å². The molecule has 4 heterocycles. The van der Waals surface area contributed by atoms with E-state index in [2.05, 4.69) is 209 Å². The first-order valence-corrected chi connectivity index (χ1v) is 26.2. The van der Waals surface area contributed by atoms with Crippen LogP contribution in [0.2, 0.25) is 0 Å². The molecular weight excluding hydrogens is 995 g/mol. The average molecular weight is 1040 g/mol. The van der Waals surface area contributed by atoms with Gasteiger partial charge < -0.3 is 13.4 Å². The number of hydrogen-bond donors (Lipinski definition) is 0. The van der Waals surface area contributed by atoms with E-state index in [1.807, 2.05) is 78.9 Å². The molecule has 0 amide bonds. The molecule has 4 aromatic heterocycles. The van der Waals surface area contributed by atoms with Crippen LogP contribution in [0.25, 0.3) is 139 Å². The van der Waals surface area contributed by atoms with Crippen molar-refractivity contribution in [2.24, 2.45) is 0 Å². The second kappa shape index (κ2) is 19.0. The highest BCUT2D eigenvalue weighted by atomic mass is 79.9. The van der Waals surface area contributed by atoms with Crippen molar-refractivity contribution >= 4 is 81.6 Å². The fourth-order valence-electron chi connectivity index (χ4n) is 10.8. The predicted octanol–water partition coefficient (Wildman–Crippen LogP) is 20.1. The Morgan fingerprint density at radius 3 is 1.43 bits per heavy atom. The molecule has 0 saturated heterocycles. The third-order valence-electron chi connectivity index (χ3n) is 14.4. The minimum atomic E-state index is 0. The van der Waals surface area contributed by atoms with Gasteiger partial charge in [-0.2, -0.15) is 0 Å². The van der Waals surface area contributed by atoms with Gasteiger partial charge in [0, 0.05) is 71.7 Å². The van der Waals surface area contributed by atoms with E-state index in [1.54, 1.807) is 0 Å². The van der Waals surface area contributed by atoms with Crippen LogP contribution in [0.4, 0.5) is 0 Å². The van der Waals surface area contributed by atoms with Crippen LogP contribution < -0.4 is 0 Å². The van der Waals surface area contributed by atoms with Gasteiger partial charge in [0.15, 0.2) is 5.82 Å². The highest BCUT2D eigenvalue weighted by molar-refractivity contribution is 9.10. The number of rotatable bonds is 7. The van der Waals surface area contributed by atoms with E-state index in [9.17, 15) is 0 Å². The van der Waals surface area contributed by atoms with Crippen LogP contribution in [-0.4, -0.2) is 14.5 Å². The molecule has 76 heavy (non-hydrogen) atoms. The average Bonchev–Trinajstić information content (AvgIpc) is 4.21. The molecule has 0 aliphatic carbocycles. The fraction of sp³-hybridized carbons (Fsp3) is 0. The van der Waals surface area contributed by atoms with E-state index in [1.165, 1.54) is 16.2 Å². The van der Waals surface area contributed by atoms with Crippen LogP contribution >= 0.6 is 15.9 Å². The topological polar surface area (TPSA) is 57.0 Å². The summed E-state index contributed by atoms with van der Waals surface area (Å²) in [5.74, 6) is 0.697. The van der Waals surface area contributed by atoms with Crippen molar-refractivity contribution < 1.29 is 10.3 Å². The summed E-state index contributed by atoms with van der Waals surface area (Å²) in [6, 6.07) is 93.0. The number of para-hydroxylation sites is 5. The third-order valence-corrected chi connectivity index (χ3v) is 14.8. The quantitative estimate of drug-likeness (QED) is 0.160. The zero-order chi connectivity index (χ0) is 50.5. The Kier molecular flexibility index (Phi) is 11.3. The lowest BCUT2D eigenvalue weighted by atomic mass is 10.00. The Labute approximate surface area is 448 Å². The molecule has 0 unspecified atom stereocenters. The van der Waals surface area contributed by atoms with Crippen molar-refractivity contribution in [3.63, 3.8) is 0 Å². The zero-order valence-corrected chi connectivity index (χ0v) is 42.5. The second-order valence-electron chi connectivity index (χ2n) is 19.0. The SMILES string of the molecule is Brc1cccc(-c2cccc3c2oc2ccccc23)c1.[HH].c1ccc(-c2cc(-c3ccccc3)nc(-c3cccc(-c4ccc5c(c4)c4ccccc4n5-c4cccc(-c5cccc6c5oc5ccccc56)c4)c3)n2)cc1. The van der Waals surface area contributed by atoms with Crippen molar-refractivity contribution in [2.45, 2.75) is 0 Å². The summed E-state index contributed by atoms with van der Waals surface area (Å²) >= 11 is 3.53. The van der Waals surface area contributed by atoms with Gasteiger partial charge in [-0.05, 0) is 89.0 Å². The molecule has 0 N–H and O–H groups in total. The van der Waals surface area contributed by atoms with Crippen LogP contribution in [0.15, 0.2) is 280 Å². The first-order chi connectivity index (χ1) is 37.6. The molecule has 360 valence electrons. The van der Waals surface area contributed by atoms with E-state index in [0.29, 0.717) is 5.82 Å². The maximum Gasteiger partial charge on any atom is 0.160 e. The largest absolute Gasteiger partial charge is 0.455 e. The molecule has 0 spiro atoms. The Balaban J connectivity index is 0.000000225. The first-order valence-electron chi connectivity index (χ1n) is 25.4. The van der Waals surface area contributed by atoms with E-state index >= 15 is 0 Å². The van der Waals surface area contributed by atoms with E-state index in [0.717, 1.165) is 121 Å². The summed E-state index contributed by atoms with van der Waals surface area (Å²) in [6.45, 7) is 0. The number of benzene rings is 11. The summed E-state index contributed by atoms with van der Waals surface area (Å²) < 4.78 is 15.9. The molecule has 0 aliphatic heterocycles. The monoisotopic (exact) mass is 1040 g/mol. The van der Waals surface area contributed by atoms with Crippen LogP contribution in [0.5, 0.6) is 0 Å². The van der Waals surface area contributed by atoms with Crippen LogP contribution in [0, 0.1) is 0 Å². The molecule has 15 aromatic rings. The van der Waals surface area contributed by atoms with E-state index in [-0.39, 0.29) is 1.43 Å². The van der Waals surface area contributed by atoms with Gasteiger partial charge in [-0.1, -0.05) is 216 Å². The van der Waals surface area contributed by atoms with Gasteiger partial charge in [-0.25, -0.2) is 9.97 Å². The molecule has 5 nitrogen and oxygen atoms in total. The van der Waals surface area contributed by atoms with Gasteiger partial charge in [0.25, 0.3) is 0 Å². The van der Waals surface area contributed by atoms with Crippen molar-refractivity contribution in [3.8, 4) is 73.0 Å². The fourth-order valence-corrected chi connectivity index (χ4v) is 11.2. The highest BCUT2D eigenvalue weighted by Gasteiger charge is 2.18. The first kappa shape index (κ1) is 45.0. The van der Waals surface area contributed by atoms with Crippen molar-refractivity contribution in [1.82, 2.24) is 14.5 Å². The number of hydrogen-bond acceptors (Lipinski definition) is 4. The van der Waals surface area contributed by atoms with Crippen molar-refractivity contribution in [3.05, 3.63) is 271 Å². The molecule has 15 rings (SSSR count). The normalized spacial score (nSPS) is 11.5. The Morgan fingerprint density at radius 2 is 0.789 bits per heavy atom. The summed E-state index contributed by atoms with van der Waals surface area (Å²) in [7, 11) is 0. The summed E-state index contributed by atoms with van der Waals surface area (Å²) in [6.07, 6.45) is 0. The molecule has 0 atom stereocenters. The molecule has 0 bridgehead atoms. The molecule has 0 aliphatic rings. The molecule has 0 radical (unpaired) electrons. The lowest BCUT2D eigenvalue weighted by molar-refractivity contribution is 0.669. The Bertz CT molecular complexity index is 4620. The van der Waals surface area contributed by atoms with E-state index < -0.39 is 0 Å². The Hall–Kier alpha value is -9.62. The smallest absolute Gasteiger partial charge is 0.160 e. The van der Waals surface area contributed by atoms with Gasteiger partial charge >= 0.3 is 0 Å². The number of fused-ring (bicyclic) bond motifs is 9. The summed E-state index contributed by atoms with van der Waals surface area (Å²) in [4.78, 5) is 10.2. The van der Waals surface area contributed by atoms with Crippen LogP contribution in [0.3, 0.4) is 0 Å². The highest BCUT2D eigenvalue weighted by Crippen LogP contribution is 2.41. The minimum absolute atomic E-state index is 0. The molecule has 0 fully saturated rings. The predicted molar refractivity (Wildman–Crippen MR) is 320 cm³/mol. The van der Waals surface area contributed by atoms with Crippen LogP contribution in [-0.2, 0) is 0 Å². The standard InChI is InChI=1S/C52H33N3O.C18H11BrO.H2/c1-3-14-34(15-4-1)46-33-47(35-16-5-2-6-17-35)54-52(53-46)39-20-11-18-36(30-39)37-28-29-49-45(32-37)42-22-7-9-26-48(42)55(49)40-21-12-19-38(31-40)41-24-13-25-44-43-23-8-10-27-50(43)56-51(41)44;19-13-6-3-5-12(11-13)14-8-4-9-16-15-7-1-2-10-17(15)20-18(14)16;/h1-33H;1-11H;1H. The van der Waals surface area contributed by atoms with Gasteiger partial charge in [0.05, 0.1) is 22.4 Å². The third kappa shape index (κ3) is 8.13. The van der Waals surface area contributed by atoms with Gasteiger partial charge in [0.2, 0.25) is 0 Å². The molecule has 6 heteroatoms. The lowest BCUT2D eigenvalue weighted by Crippen LogP contribution is -1.96. The molecular formula is C70H46BrN3O2. The maximum absolute atomic E-state index is 6.44. The van der Waals surface area contributed by atoms with Gasteiger partial charge in [-0.15, -0.1) is 0 Å². The molecule has 0 saturated carbocycles. The van der Waals surface area contributed by atoms with Crippen molar-refractivity contribution in [1.29, 1.82) is 0 Å². The van der Waals surface area contributed by atoms with E-state index in [4.69, 9.17) is 18.8 Å². The van der Waals surface area contributed by atoms with Crippen LogP contribution in [0.1, 0.15) is 1.43 Å². The number of furan rings is 2. The summed E-state index contributed by atoms with van der Waals surface area (Å²) in [5.41, 5.74) is 18.7. The lowest BCUT2D eigenvalue weighted by Gasteiger charge is -2.12.